The summed E-state index contributed by atoms with van der Waals surface area (Å²) < 4.78 is 31.8. The molecule has 0 unspecified atom stereocenters. The van der Waals surface area contributed by atoms with Crippen molar-refractivity contribution in [2.75, 3.05) is 19.5 Å². The Balaban J connectivity index is 1.90. The minimum absolute atomic E-state index is 0.239. The molecule has 0 aromatic heterocycles. The summed E-state index contributed by atoms with van der Waals surface area (Å²) in [5.74, 6) is 0.964. The van der Waals surface area contributed by atoms with Gasteiger partial charge >= 0.3 is 0 Å². The maximum absolute atomic E-state index is 10.8. The molecule has 1 aliphatic rings. The number of aryl methyl sites for hydroxylation is 1. The number of fused-ring (bicyclic) bond motifs is 1. The van der Waals surface area contributed by atoms with E-state index in [2.05, 4.69) is 6.07 Å². The van der Waals surface area contributed by atoms with Crippen LogP contribution in [0.15, 0.2) is 18.2 Å². The molecule has 0 fully saturated rings. The van der Waals surface area contributed by atoms with Crippen LogP contribution in [0.25, 0.3) is 0 Å². The van der Waals surface area contributed by atoms with Crippen LogP contribution in [-0.2, 0) is 27.1 Å². The highest BCUT2D eigenvalue weighted by atomic mass is 32.2. The standard InChI is InChI=1S/C12H16O4S/c1-17(13,14)16-8-3-5-10-4-2-6-12-11(10)7-9-15-12/h2,4,6H,3,5,7-9H2,1H3. The van der Waals surface area contributed by atoms with Crippen LogP contribution in [0.5, 0.6) is 5.75 Å². The van der Waals surface area contributed by atoms with Gasteiger partial charge in [0, 0.05) is 12.0 Å². The molecule has 0 atom stereocenters. The van der Waals surface area contributed by atoms with Crippen molar-refractivity contribution in [2.45, 2.75) is 19.3 Å². The number of ether oxygens (including phenoxy) is 1. The molecule has 1 heterocycles. The second-order valence-electron chi connectivity index (χ2n) is 4.12. The van der Waals surface area contributed by atoms with E-state index in [4.69, 9.17) is 8.92 Å². The maximum Gasteiger partial charge on any atom is 0.264 e. The van der Waals surface area contributed by atoms with Gasteiger partial charge < -0.3 is 4.74 Å². The Labute approximate surface area is 102 Å². The Bertz CT molecular complexity index is 493. The summed E-state index contributed by atoms with van der Waals surface area (Å²) in [6, 6.07) is 6.00. The van der Waals surface area contributed by atoms with E-state index in [0.29, 0.717) is 6.42 Å². The van der Waals surface area contributed by atoms with Crippen LogP contribution in [0.2, 0.25) is 0 Å². The fourth-order valence-corrected chi connectivity index (χ4v) is 2.42. The SMILES string of the molecule is CS(=O)(=O)OCCCc1cccc2c1CCO2. The summed E-state index contributed by atoms with van der Waals surface area (Å²) in [6.07, 6.45) is 3.53. The smallest absolute Gasteiger partial charge is 0.264 e. The van der Waals surface area contributed by atoms with Crippen LogP contribution in [0.1, 0.15) is 17.5 Å². The molecule has 0 bridgehead atoms. The van der Waals surface area contributed by atoms with Crippen molar-refractivity contribution in [3.63, 3.8) is 0 Å². The van der Waals surface area contributed by atoms with E-state index in [1.54, 1.807) is 0 Å². The molecular weight excluding hydrogens is 240 g/mol. The van der Waals surface area contributed by atoms with Crippen LogP contribution in [0, 0.1) is 0 Å². The first-order valence-corrected chi connectivity index (χ1v) is 7.46. The molecule has 5 heteroatoms. The number of benzene rings is 1. The van der Waals surface area contributed by atoms with Crippen molar-refractivity contribution in [3.05, 3.63) is 29.3 Å². The zero-order valence-corrected chi connectivity index (χ0v) is 10.6. The summed E-state index contributed by atoms with van der Waals surface area (Å²) in [4.78, 5) is 0. The van der Waals surface area contributed by atoms with Gasteiger partial charge in [-0.1, -0.05) is 12.1 Å². The highest BCUT2D eigenvalue weighted by molar-refractivity contribution is 7.85. The first-order chi connectivity index (χ1) is 8.06. The Morgan fingerprint density at radius 1 is 1.41 bits per heavy atom. The molecule has 94 valence electrons. The topological polar surface area (TPSA) is 52.6 Å². The van der Waals surface area contributed by atoms with Gasteiger partial charge in [0.15, 0.2) is 0 Å². The zero-order chi connectivity index (χ0) is 12.3. The third kappa shape index (κ3) is 3.44. The minimum atomic E-state index is -3.31. The van der Waals surface area contributed by atoms with Crippen LogP contribution >= 0.6 is 0 Å². The highest BCUT2D eigenvalue weighted by Gasteiger charge is 2.15. The van der Waals surface area contributed by atoms with E-state index in [1.807, 2.05) is 12.1 Å². The predicted octanol–water partition coefficient (Wildman–Crippen LogP) is 1.53. The Morgan fingerprint density at radius 3 is 3.00 bits per heavy atom. The first kappa shape index (κ1) is 12.4. The third-order valence-electron chi connectivity index (χ3n) is 2.73. The van der Waals surface area contributed by atoms with Gasteiger partial charge in [-0.25, -0.2) is 0 Å². The summed E-state index contributed by atoms with van der Waals surface area (Å²) >= 11 is 0. The molecule has 0 saturated heterocycles. The number of hydrogen-bond acceptors (Lipinski definition) is 4. The van der Waals surface area contributed by atoms with Gasteiger partial charge in [0.2, 0.25) is 0 Å². The zero-order valence-electron chi connectivity index (χ0n) is 9.81. The van der Waals surface area contributed by atoms with Crippen LogP contribution in [-0.4, -0.2) is 27.9 Å². The molecule has 1 aromatic carbocycles. The molecule has 0 amide bonds. The quantitative estimate of drug-likeness (QED) is 0.592. The average molecular weight is 256 g/mol. The van der Waals surface area contributed by atoms with Crippen LogP contribution < -0.4 is 4.74 Å². The van der Waals surface area contributed by atoms with Crippen molar-refractivity contribution >= 4 is 10.1 Å². The Kier molecular flexibility index (Phi) is 3.69. The number of rotatable bonds is 5. The van der Waals surface area contributed by atoms with Crippen molar-refractivity contribution < 1.29 is 17.3 Å². The monoisotopic (exact) mass is 256 g/mol. The summed E-state index contributed by atoms with van der Waals surface area (Å²) in [6.45, 7) is 0.982. The first-order valence-electron chi connectivity index (χ1n) is 5.64. The molecule has 4 nitrogen and oxygen atoms in total. The van der Waals surface area contributed by atoms with Crippen LogP contribution in [0.4, 0.5) is 0 Å². The van der Waals surface area contributed by atoms with E-state index in [9.17, 15) is 8.42 Å². The van der Waals surface area contributed by atoms with E-state index in [-0.39, 0.29) is 6.61 Å². The van der Waals surface area contributed by atoms with Gasteiger partial charge in [0.25, 0.3) is 10.1 Å². The summed E-state index contributed by atoms with van der Waals surface area (Å²) in [5.41, 5.74) is 2.49. The predicted molar refractivity (Wildman–Crippen MR) is 64.8 cm³/mol. The van der Waals surface area contributed by atoms with Crippen molar-refractivity contribution in [3.8, 4) is 5.75 Å². The van der Waals surface area contributed by atoms with E-state index < -0.39 is 10.1 Å². The third-order valence-corrected chi connectivity index (χ3v) is 3.32. The fraction of sp³-hybridized carbons (Fsp3) is 0.500. The normalized spacial score (nSPS) is 14.4. The van der Waals surface area contributed by atoms with Gasteiger partial charge in [-0.2, -0.15) is 8.42 Å². The van der Waals surface area contributed by atoms with Crippen molar-refractivity contribution in [1.82, 2.24) is 0 Å². The van der Waals surface area contributed by atoms with Crippen molar-refractivity contribution in [1.29, 1.82) is 0 Å². The van der Waals surface area contributed by atoms with Gasteiger partial charge in [-0.05, 0) is 24.5 Å². The number of hydrogen-bond donors (Lipinski definition) is 0. The van der Waals surface area contributed by atoms with Gasteiger partial charge in [-0.15, -0.1) is 0 Å². The van der Waals surface area contributed by atoms with Crippen molar-refractivity contribution in [2.24, 2.45) is 0 Å². The van der Waals surface area contributed by atoms with Gasteiger partial charge in [-0.3, -0.25) is 4.18 Å². The lowest BCUT2D eigenvalue weighted by Gasteiger charge is -2.06. The molecule has 0 saturated carbocycles. The Morgan fingerprint density at radius 2 is 2.24 bits per heavy atom. The second-order valence-corrected chi connectivity index (χ2v) is 5.77. The molecule has 2 rings (SSSR count). The maximum atomic E-state index is 10.8. The Hall–Kier alpha value is -1.07. The molecule has 0 spiro atoms. The molecular formula is C12H16O4S. The lowest BCUT2D eigenvalue weighted by molar-refractivity contribution is 0.315. The second kappa shape index (κ2) is 5.06. The van der Waals surface area contributed by atoms with E-state index in [0.717, 1.165) is 31.5 Å². The van der Waals surface area contributed by atoms with Gasteiger partial charge in [0.05, 0.1) is 19.5 Å². The highest BCUT2D eigenvalue weighted by Crippen LogP contribution is 2.28. The molecule has 1 aromatic rings. The lowest BCUT2D eigenvalue weighted by atomic mass is 10.0. The molecule has 0 N–H and O–H groups in total. The van der Waals surface area contributed by atoms with Crippen LogP contribution in [0.3, 0.4) is 0 Å². The summed E-state index contributed by atoms with van der Waals surface area (Å²) in [5, 5.41) is 0. The van der Waals surface area contributed by atoms with Gasteiger partial charge in [0.1, 0.15) is 5.75 Å². The largest absolute Gasteiger partial charge is 0.493 e. The molecule has 17 heavy (non-hydrogen) atoms. The fourth-order valence-electron chi connectivity index (χ4n) is 2.00. The average Bonchev–Trinajstić information content (AvgIpc) is 2.71. The molecule has 0 aliphatic carbocycles. The lowest BCUT2D eigenvalue weighted by Crippen LogP contribution is -2.05. The minimum Gasteiger partial charge on any atom is -0.493 e. The van der Waals surface area contributed by atoms with E-state index in [1.165, 1.54) is 11.1 Å². The molecule has 1 aliphatic heterocycles. The molecule has 0 radical (unpaired) electrons. The summed E-state index contributed by atoms with van der Waals surface area (Å²) in [7, 11) is -3.31. The van der Waals surface area contributed by atoms with E-state index >= 15 is 0 Å².